The number of aliphatic hydroxyl groups excluding tert-OH is 1. The molecule has 0 radical (unpaired) electrons. The third kappa shape index (κ3) is 5.55. The molecule has 0 aromatic heterocycles. The third-order valence-corrected chi connectivity index (χ3v) is 4.38. The van der Waals surface area contributed by atoms with E-state index in [9.17, 15) is 9.59 Å². The fraction of sp³-hybridized carbons (Fsp3) is 0.529. The van der Waals surface area contributed by atoms with E-state index in [1.165, 1.54) is 7.11 Å². The summed E-state index contributed by atoms with van der Waals surface area (Å²) < 4.78 is 5.24. The van der Waals surface area contributed by atoms with Gasteiger partial charge in [0.1, 0.15) is 11.0 Å². The van der Waals surface area contributed by atoms with E-state index in [2.05, 4.69) is 5.32 Å². The molecule has 5 nitrogen and oxygen atoms in total. The Morgan fingerprint density at radius 1 is 1.35 bits per heavy atom. The first-order valence-electron chi connectivity index (χ1n) is 7.43. The van der Waals surface area contributed by atoms with Crippen molar-refractivity contribution in [3.8, 4) is 5.75 Å². The Morgan fingerprint density at radius 3 is 2.52 bits per heavy atom. The van der Waals surface area contributed by atoms with Crippen molar-refractivity contribution in [3.05, 3.63) is 23.8 Å². The Hall–Kier alpha value is -1.53. The molecule has 0 bridgehead atoms. The molecule has 0 aliphatic carbocycles. The van der Waals surface area contributed by atoms with Crippen LogP contribution in [0.5, 0.6) is 5.75 Å². The SMILES string of the molecule is COc1ccc(C)cc1NC(=O)C(SCCO)C(=O)C(C)(C)C. The molecule has 1 rings (SSSR count). The van der Waals surface area contributed by atoms with Gasteiger partial charge in [-0.3, -0.25) is 9.59 Å². The second kappa shape index (κ2) is 8.36. The van der Waals surface area contributed by atoms with Gasteiger partial charge in [0.15, 0.2) is 5.78 Å². The first kappa shape index (κ1) is 19.5. The Morgan fingerprint density at radius 2 is 2.00 bits per heavy atom. The number of amides is 1. The molecule has 1 atom stereocenters. The van der Waals surface area contributed by atoms with Crippen LogP contribution in [0.2, 0.25) is 0 Å². The minimum Gasteiger partial charge on any atom is -0.495 e. The minimum absolute atomic E-state index is 0.0837. The highest BCUT2D eigenvalue weighted by Gasteiger charge is 2.35. The molecule has 0 spiro atoms. The number of rotatable bonds is 7. The number of thioether (sulfide) groups is 1. The van der Waals surface area contributed by atoms with Gasteiger partial charge in [0.05, 0.1) is 19.4 Å². The summed E-state index contributed by atoms with van der Waals surface area (Å²) in [6.45, 7) is 7.17. The number of aliphatic hydroxyl groups is 1. The summed E-state index contributed by atoms with van der Waals surface area (Å²) in [6, 6.07) is 5.45. The molecular weight excluding hydrogens is 314 g/mol. The van der Waals surface area contributed by atoms with Crippen LogP contribution in [-0.2, 0) is 9.59 Å². The largest absolute Gasteiger partial charge is 0.495 e. The van der Waals surface area contributed by atoms with E-state index < -0.39 is 16.6 Å². The molecule has 0 saturated heterocycles. The first-order chi connectivity index (χ1) is 10.7. The average molecular weight is 339 g/mol. The molecule has 1 unspecified atom stereocenters. The van der Waals surface area contributed by atoms with Gasteiger partial charge < -0.3 is 15.2 Å². The number of nitrogens with one attached hydrogen (secondary N) is 1. The van der Waals surface area contributed by atoms with Crippen LogP contribution in [0.3, 0.4) is 0 Å². The van der Waals surface area contributed by atoms with Crippen molar-refractivity contribution in [2.75, 3.05) is 24.8 Å². The van der Waals surface area contributed by atoms with E-state index in [1.54, 1.807) is 32.9 Å². The van der Waals surface area contributed by atoms with E-state index >= 15 is 0 Å². The molecule has 0 aliphatic heterocycles. The van der Waals surface area contributed by atoms with E-state index in [0.717, 1.165) is 17.3 Å². The number of ketones is 1. The van der Waals surface area contributed by atoms with Crippen molar-refractivity contribution in [2.45, 2.75) is 32.9 Å². The van der Waals surface area contributed by atoms with E-state index in [1.807, 2.05) is 13.0 Å². The molecule has 128 valence electrons. The number of methoxy groups -OCH3 is 1. The van der Waals surface area contributed by atoms with Gasteiger partial charge >= 0.3 is 0 Å². The molecule has 1 amide bonds. The lowest BCUT2D eigenvalue weighted by atomic mass is 9.88. The van der Waals surface area contributed by atoms with Crippen LogP contribution in [0.15, 0.2) is 18.2 Å². The standard InChI is InChI=1S/C17H25NO4S/c1-11-6-7-13(22-5)12(10-11)18-16(21)14(23-9-8-19)15(20)17(2,3)4/h6-7,10,14,19H,8-9H2,1-5H3,(H,18,21). The average Bonchev–Trinajstić information content (AvgIpc) is 2.46. The summed E-state index contributed by atoms with van der Waals surface area (Å²) >= 11 is 1.15. The van der Waals surface area contributed by atoms with E-state index in [0.29, 0.717) is 17.2 Å². The zero-order valence-corrected chi connectivity index (χ0v) is 15.1. The van der Waals surface area contributed by atoms with Crippen LogP contribution < -0.4 is 10.1 Å². The van der Waals surface area contributed by atoms with Crippen molar-refractivity contribution < 1.29 is 19.4 Å². The van der Waals surface area contributed by atoms with Gasteiger partial charge in [-0.1, -0.05) is 26.8 Å². The summed E-state index contributed by atoms with van der Waals surface area (Å²) in [5.41, 5.74) is 0.873. The molecule has 0 saturated carbocycles. The number of anilines is 1. The summed E-state index contributed by atoms with van der Waals surface area (Å²) in [5.74, 6) is 0.301. The topological polar surface area (TPSA) is 75.6 Å². The fourth-order valence-electron chi connectivity index (χ4n) is 1.95. The summed E-state index contributed by atoms with van der Waals surface area (Å²) in [7, 11) is 1.53. The van der Waals surface area contributed by atoms with Gasteiger partial charge in [0, 0.05) is 11.2 Å². The van der Waals surface area contributed by atoms with Gasteiger partial charge in [-0.25, -0.2) is 0 Å². The third-order valence-electron chi connectivity index (χ3n) is 3.20. The first-order valence-corrected chi connectivity index (χ1v) is 8.48. The lowest BCUT2D eigenvalue weighted by Crippen LogP contribution is -2.39. The van der Waals surface area contributed by atoms with Gasteiger partial charge in [-0.2, -0.15) is 0 Å². The highest BCUT2D eigenvalue weighted by molar-refractivity contribution is 8.01. The van der Waals surface area contributed by atoms with Gasteiger partial charge in [0.25, 0.3) is 0 Å². The lowest BCUT2D eigenvalue weighted by molar-refractivity contribution is -0.129. The number of aryl methyl sites for hydroxylation is 1. The zero-order chi connectivity index (χ0) is 17.6. The van der Waals surface area contributed by atoms with Gasteiger partial charge in [-0.05, 0) is 24.6 Å². The smallest absolute Gasteiger partial charge is 0.245 e. The summed E-state index contributed by atoms with van der Waals surface area (Å²) in [4.78, 5) is 25.1. The van der Waals surface area contributed by atoms with Crippen LogP contribution in [0, 0.1) is 12.3 Å². The number of carbonyl (C=O) groups excluding carboxylic acids is 2. The van der Waals surface area contributed by atoms with Crippen LogP contribution in [0.1, 0.15) is 26.3 Å². The molecule has 2 N–H and O–H groups in total. The molecule has 1 aromatic carbocycles. The van der Waals surface area contributed by atoms with Crippen molar-refractivity contribution in [1.82, 2.24) is 0 Å². The number of Topliss-reactive ketones (excluding diaryl/α,β-unsaturated/α-hetero) is 1. The number of hydrogen-bond acceptors (Lipinski definition) is 5. The highest BCUT2D eigenvalue weighted by Crippen LogP contribution is 2.29. The van der Waals surface area contributed by atoms with Crippen molar-refractivity contribution in [3.63, 3.8) is 0 Å². The zero-order valence-electron chi connectivity index (χ0n) is 14.3. The Bertz CT molecular complexity index is 566. The molecule has 6 heteroatoms. The quantitative estimate of drug-likeness (QED) is 0.747. The number of carbonyl (C=O) groups is 2. The Labute approximate surface area is 141 Å². The minimum atomic E-state index is -0.868. The summed E-state index contributed by atoms with van der Waals surface area (Å²) in [6.07, 6.45) is 0. The second-order valence-corrected chi connectivity index (χ2v) is 7.49. The maximum absolute atomic E-state index is 12.6. The van der Waals surface area contributed by atoms with Crippen LogP contribution in [0.25, 0.3) is 0 Å². The molecule has 1 aromatic rings. The summed E-state index contributed by atoms with van der Waals surface area (Å²) in [5, 5.41) is 10.9. The maximum Gasteiger partial charge on any atom is 0.245 e. The lowest BCUT2D eigenvalue weighted by Gasteiger charge is -2.24. The predicted molar refractivity (Wildman–Crippen MR) is 94.2 cm³/mol. The monoisotopic (exact) mass is 339 g/mol. The van der Waals surface area contributed by atoms with Crippen LogP contribution in [-0.4, -0.2) is 41.5 Å². The van der Waals surface area contributed by atoms with Crippen molar-refractivity contribution >= 4 is 29.1 Å². The number of hydrogen-bond donors (Lipinski definition) is 2. The Kier molecular flexibility index (Phi) is 7.09. The Balaban J connectivity index is 3.02. The van der Waals surface area contributed by atoms with Crippen LogP contribution in [0.4, 0.5) is 5.69 Å². The highest BCUT2D eigenvalue weighted by atomic mass is 32.2. The van der Waals surface area contributed by atoms with E-state index in [4.69, 9.17) is 9.84 Å². The van der Waals surface area contributed by atoms with Gasteiger partial charge in [0.2, 0.25) is 5.91 Å². The van der Waals surface area contributed by atoms with Crippen molar-refractivity contribution in [2.24, 2.45) is 5.41 Å². The number of benzene rings is 1. The molecule has 23 heavy (non-hydrogen) atoms. The number of ether oxygens (including phenoxy) is 1. The van der Waals surface area contributed by atoms with Crippen molar-refractivity contribution in [1.29, 1.82) is 0 Å². The molecule has 0 aliphatic rings. The normalized spacial score (nSPS) is 12.6. The molecular formula is C17H25NO4S. The maximum atomic E-state index is 12.6. The van der Waals surface area contributed by atoms with Gasteiger partial charge in [-0.15, -0.1) is 11.8 Å². The fourth-order valence-corrected chi connectivity index (χ4v) is 3.01. The predicted octanol–water partition coefficient (Wildman–Crippen LogP) is 2.65. The molecule has 0 heterocycles. The molecule has 0 fully saturated rings. The van der Waals surface area contributed by atoms with Crippen LogP contribution >= 0.6 is 11.8 Å². The van der Waals surface area contributed by atoms with E-state index in [-0.39, 0.29) is 12.4 Å². The second-order valence-electron chi connectivity index (χ2n) is 6.28.